The molecular formula is C37H56O10. The lowest BCUT2D eigenvalue weighted by molar-refractivity contribution is -0.321. The Hall–Kier alpha value is -1.85. The Kier molecular flexibility index (Phi) is 8.44. The number of rotatable bonds is 5. The van der Waals surface area contributed by atoms with E-state index in [9.17, 15) is 34.8 Å². The molecule has 4 saturated carbocycles. The van der Waals surface area contributed by atoms with Gasteiger partial charge in [-0.2, -0.15) is 0 Å². The van der Waals surface area contributed by atoms with Crippen LogP contribution in [0.1, 0.15) is 106 Å². The third-order valence-corrected chi connectivity index (χ3v) is 15.3. The minimum Gasteiger partial charge on any atom is -0.481 e. The predicted octanol–water partition coefficient (Wildman–Crippen LogP) is 4.42. The molecule has 10 nitrogen and oxygen atoms in total. The molecule has 0 spiro atoms. The van der Waals surface area contributed by atoms with E-state index < -0.39 is 59.6 Å². The number of aldehydes is 1. The van der Waals surface area contributed by atoms with Crippen LogP contribution in [0.5, 0.6) is 0 Å². The van der Waals surface area contributed by atoms with Gasteiger partial charge >= 0.3 is 11.9 Å². The maximum atomic E-state index is 13.2. The Labute approximate surface area is 278 Å². The van der Waals surface area contributed by atoms with Gasteiger partial charge in [-0.25, -0.2) is 4.79 Å². The maximum absolute atomic E-state index is 13.2. The van der Waals surface area contributed by atoms with Crippen molar-refractivity contribution >= 4 is 18.2 Å². The molecule has 3 unspecified atom stereocenters. The Morgan fingerprint density at radius 1 is 0.894 bits per heavy atom. The third-order valence-electron chi connectivity index (χ3n) is 15.3. The summed E-state index contributed by atoms with van der Waals surface area (Å²) >= 11 is 0. The first-order chi connectivity index (χ1) is 21.8. The summed E-state index contributed by atoms with van der Waals surface area (Å²) in [5.41, 5.74) is -0.624. The van der Waals surface area contributed by atoms with E-state index in [4.69, 9.17) is 14.2 Å². The van der Waals surface area contributed by atoms with Gasteiger partial charge in [0.2, 0.25) is 0 Å². The summed E-state index contributed by atoms with van der Waals surface area (Å²) in [6.45, 7) is 13.6. The monoisotopic (exact) mass is 660 g/mol. The van der Waals surface area contributed by atoms with Crippen molar-refractivity contribution < 1.29 is 49.0 Å². The molecule has 0 aromatic heterocycles. The summed E-state index contributed by atoms with van der Waals surface area (Å²) in [6.07, 6.45) is 2.67. The molecule has 1 heterocycles. The van der Waals surface area contributed by atoms with Gasteiger partial charge in [-0.1, -0.05) is 53.2 Å². The minimum absolute atomic E-state index is 0.0276. The predicted molar refractivity (Wildman–Crippen MR) is 171 cm³/mol. The summed E-state index contributed by atoms with van der Waals surface area (Å²) in [4.78, 5) is 38.4. The molecule has 4 N–H and O–H groups in total. The van der Waals surface area contributed by atoms with Gasteiger partial charge in [0, 0.05) is 0 Å². The van der Waals surface area contributed by atoms with Gasteiger partial charge in [-0.05, 0) is 104 Å². The molecule has 0 aromatic rings. The lowest BCUT2D eigenvalue weighted by Crippen LogP contribution is -2.67. The van der Waals surface area contributed by atoms with E-state index in [1.165, 1.54) is 5.57 Å². The molecule has 5 aliphatic carbocycles. The molecule has 47 heavy (non-hydrogen) atoms. The summed E-state index contributed by atoms with van der Waals surface area (Å²) in [5, 5.41) is 42.3. The number of hydrogen-bond donors (Lipinski definition) is 4. The van der Waals surface area contributed by atoms with E-state index in [0.29, 0.717) is 12.8 Å². The van der Waals surface area contributed by atoms with E-state index in [1.807, 2.05) is 6.92 Å². The lowest BCUT2D eigenvalue weighted by atomic mass is 9.33. The quantitative estimate of drug-likeness (QED) is 0.144. The van der Waals surface area contributed by atoms with E-state index in [0.717, 1.165) is 64.8 Å². The number of carbonyl (C=O) groups is 3. The van der Waals surface area contributed by atoms with Crippen molar-refractivity contribution in [3.63, 3.8) is 0 Å². The Bertz CT molecular complexity index is 1330. The Morgan fingerprint density at radius 2 is 1.57 bits per heavy atom. The Morgan fingerprint density at radius 3 is 2.21 bits per heavy atom. The smallest absolute Gasteiger partial charge is 0.337 e. The Balaban J connectivity index is 1.31. The van der Waals surface area contributed by atoms with Crippen LogP contribution in [-0.4, -0.2) is 82.6 Å². The molecular weight excluding hydrogens is 604 g/mol. The summed E-state index contributed by atoms with van der Waals surface area (Å²) in [6, 6.07) is 0. The van der Waals surface area contributed by atoms with Gasteiger partial charge in [0.15, 0.2) is 12.4 Å². The van der Waals surface area contributed by atoms with Crippen molar-refractivity contribution in [2.75, 3.05) is 7.11 Å². The highest BCUT2D eigenvalue weighted by Gasteiger charge is 2.70. The molecule has 264 valence electrons. The van der Waals surface area contributed by atoms with E-state index in [-0.39, 0.29) is 39.4 Å². The number of carboxylic acids is 1. The maximum Gasteiger partial charge on any atom is 0.337 e. The first-order valence-corrected chi connectivity index (χ1v) is 17.7. The molecule has 6 rings (SSSR count). The number of carbonyl (C=O) groups excluding carboxylic acids is 2. The van der Waals surface area contributed by atoms with Crippen molar-refractivity contribution in [2.24, 2.45) is 50.2 Å². The standard InChI is InChI=1S/C37H56O10/c1-32(2)14-16-37(31(43)44)17-15-35(5)20(21(37)18-32)8-9-23-33(3)12-11-24(34(4,19-38)22(33)10-13-36(23,35)6)46-30-27(41)25(39)26(40)28(47-30)29(42)45-7/h8,19,21-28,30,39-41H,9-18H2,1-7H3,(H,43,44)/t21-,22+,23+,24?,25-,26-,27?,28-,30?,33-,34-,35+,36+,37-/m0/s1. The van der Waals surface area contributed by atoms with Crippen molar-refractivity contribution in [1.29, 1.82) is 0 Å². The van der Waals surface area contributed by atoms with Crippen molar-refractivity contribution in [3.8, 4) is 0 Å². The molecule has 14 atom stereocenters. The fraction of sp³-hybridized carbons (Fsp3) is 0.865. The first kappa shape index (κ1) is 35.0. The molecule has 0 radical (unpaired) electrons. The largest absolute Gasteiger partial charge is 0.481 e. The number of allylic oxidation sites excluding steroid dienone is 2. The van der Waals surface area contributed by atoms with Gasteiger partial charge in [-0.15, -0.1) is 0 Å². The third kappa shape index (κ3) is 4.78. The second-order valence-corrected chi connectivity index (χ2v) is 17.7. The zero-order valence-corrected chi connectivity index (χ0v) is 29.2. The number of methoxy groups -OCH3 is 1. The van der Waals surface area contributed by atoms with Gasteiger partial charge in [0.25, 0.3) is 0 Å². The van der Waals surface area contributed by atoms with Crippen LogP contribution in [0.4, 0.5) is 0 Å². The molecule has 0 bridgehead atoms. The van der Waals surface area contributed by atoms with Crippen LogP contribution >= 0.6 is 0 Å². The van der Waals surface area contributed by atoms with Crippen molar-refractivity contribution in [1.82, 2.24) is 0 Å². The average molecular weight is 661 g/mol. The number of esters is 1. The zero-order chi connectivity index (χ0) is 34.5. The van der Waals surface area contributed by atoms with Gasteiger partial charge in [0.05, 0.1) is 24.0 Å². The molecule has 6 aliphatic rings. The van der Waals surface area contributed by atoms with Gasteiger partial charge < -0.3 is 39.4 Å². The number of hydrogen-bond acceptors (Lipinski definition) is 9. The molecule has 1 saturated heterocycles. The van der Waals surface area contributed by atoms with E-state index >= 15 is 0 Å². The first-order valence-electron chi connectivity index (χ1n) is 17.7. The molecule has 10 heteroatoms. The summed E-state index contributed by atoms with van der Waals surface area (Å²) in [7, 11) is 1.14. The van der Waals surface area contributed by atoms with Crippen LogP contribution in [0.15, 0.2) is 11.6 Å². The van der Waals surface area contributed by atoms with Crippen molar-refractivity contribution in [2.45, 2.75) is 143 Å². The minimum atomic E-state index is -1.70. The van der Waals surface area contributed by atoms with Gasteiger partial charge in [0.1, 0.15) is 24.6 Å². The van der Waals surface area contributed by atoms with Crippen LogP contribution in [0.2, 0.25) is 0 Å². The van der Waals surface area contributed by atoms with Gasteiger partial charge in [-0.3, -0.25) is 4.79 Å². The molecule has 0 aromatic carbocycles. The number of aliphatic hydroxyl groups excluding tert-OH is 3. The van der Waals surface area contributed by atoms with E-state index in [2.05, 4.69) is 40.7 Å². The number of aliphatic carboxylic acids is 1. The second-order valence-electron chi connectivity index (χ2n) is 17.7. The second kappa shape index (κ2) is 11.3. The highest BCUT2D eigenvalue weighted by atomic mass is 16.7. The summed E-state index contributed by atoms with van der Waals surface area (Å²) < 4.78 is 16.7. The van der Waals surface area contributed by atoms with E-state index in [1.54, 1.807) is 0 Å². The number of aliphatic hydroxyl groups is 3. The highest BCUT2D eigenvalue weighted by Crippen LogP contribution is 2.75. The fourth-order valence-corrected chi connectivity index (χ4v) is 12.1. The van der Waals surface area contributed by atoms with Crippen LogP contribution < -0.4 is 0 Å². The lowest BCUT2D eigenvalue weighted by Gasteiger charge is -2.71. The summed E-state index contributed by atoms with van der Waals surface area (Å²) in [5.74, 6) is -1.27. The average Bonchev–Trinajstić information content (AvgIpc) is 3.02. The molecule has 1 aliphatic heterocycles. The number of carboxylic acid groups (broad SMARTS) is 1. The molecule has 0 amide bonds. The van der Waals surface area contributed by atoms with Crippen LogP contribution in [0.3, 0.4) is 0 Å². The highest BCUT2D eigenvalue weighted by molar-refractivity contribution is 5.77. The van der Waals surface area contributed by atoms with Crippen LogP contribution in [0.25, 0.3) is 0 Å². The fourth-order valence-electron chi connectivity index (χ4n) is 12.1. The van der Waals surface area contributed by atoms with Crippen LogP contribution in [-0.2, 0) is 28.6 Å². The number of ether oxygens (including phenoxy) is 3. The molecule has 5 fully saturated rings. The normalized spacial score (nSPS) is 52.0. The zero-order valence-electron chi connectivity index (χ0n) is 29.2. The van der Waals surface area contributed by atoms with Crippen LogP contribution in [0, 0.1) is 50.2 Å². The van der Waals surface area contributed by atoms with Crippen molar-refractivity contribution in [3.05, 3.63) is 11.6 Å². The SMILES string of the molecule is COC(=O)[C@H]1OC(OC2CC[C@@]3(C)[C@@H](CC[C@]4(C)[C@@H]3CC=C3[C@@H]5CC(C)(C)CC[C@]5(C(=O)O)CC[C@]34C)[C@]2(C)C=O)C(O)[C@@H](O)[C@@H]1O. The topological polar surface area (TPSA) is 160 Å². The number of fused-ring (bicyclic) bond motifs is 7.